The van der Waals surface area contributed by atoms with E-state index in [1.807, 2.05) is 6.92 Å². The number of carbonyl (C=O) groups is 1. The van der Waals surface area contributed by atoms with Crippen LogP contribution in [0.4, 0.5) is 0 Å². The largest absolute Gasteiger partial charge is 0.489 e. The SMILES string of the molecule is C=C(C)COc1ccc(C=O)cc1. The summed E-state index contributed by atoms with van der Waals surface area (Å²) in [6.45, 7) is 6.14. The Morgan fingerprint density at radius 1 is 1.46 bits per heavy atom. The molecule has 0 amide bonds. The molecule has 1 aromatic rings. The van der Waals surface area contributed by atoms with Crippen molar-refractivity contribution in [1.29, 1.82) is 0 Å². The molecule has 0 radical (unpaired) electrons. The first-order chi connectivity index (χ1) is 6.22. The van der Waals surface area contributed by atoms with Crippen molar-refractivity contribution in [2.24, 2.45) is 0 Å². The van der Waals surface area contributed by atoms with Crippen LogP contribution >= 0.6 is 0 Å². The van der Waals surface area contributed by atoms with Gasteiger partial charge in [0.2, 0.25) is 0 Å². The molecule has 0 unspecified atom stereocenters. The number of carbonyl (C=O) groups excluding carboxylic acids is 1. The van der Waals surface area contributed by atoms with Crippen LogP contribution in [-0.4, -0.2) is 12.9 Å². The van der Waals surface area contributed by atoms with Gasteiger partial charge in [-0.3, -0.25) is 4.79 Å². The summed E-state index contributed by atoms with van der Waals surface area (Å²) in [4.78, 5) is 10.3. The Bertz CT molecular complexity index is 298. The Morgan fingerprint density at radius 3 is 2.54 bits per heavy atom. The van der Waals surface area contributed by atoms with Crippen LogP contribution in [0.15, 0.2) is 36.4 Å². The van der Waals surface area contributed by atoms with Gasteiger partial charge in [0.1, 0.15) is 18.6 Å². The minimum absolute atomic E-state index is 0.514. The Labute approximate surface area is 77.8 Å². The van der Waals surface area contributed by atoms with Gasteiger partial charge < -0.3 is 4.74 Å². The van der Waals surface area contributed by atoms with Gasteiger partial charge in [-0.25, -0.2) is 0 Å². The van der Waals surface area contributed by atoms with Gasteiger partial charge in [0.25, 0.3) is 0 Å². The second-order valence-corrected chi connectivity index (χ2v) is 2.93. The van der Waals surface area contributed by atoms with Crippen LogP contribution < -0.4 is 4.74 Å². The monoisotopic (exact) mass is 176 g/mol. The second kappa shape index (κ2) is 4.45. The minimum atomic E-state index is 0.514. The number of benzene rings is 1. The third-order valence-corrected chi connectivity index (χ3v) is 1.50. The second-order valence-electron chi connectivity index (χ2n) is 2.93. The molecule has 0 saturated heterocycles. The molecule has 68 valence electrons. The summed E-state index contributed by atoms with van der Waals surface area (Å²) >= 11 is 0. The fraction of sp³-hybridized carbons (Fsp3) is 0.182. The molecule has 0 atom stereocenters. The lowest BCUT2D eigenvalue weighted by atomic mass is 10.2. The van der Waals surface area contributed by atoms with Crippen molar-refractivity contribution in [3.05, 3.63) is 42.0 Å². The van der Waals surface area contributed by atoms with Gasteiger partial charge in [0, 0.05) is 5.56 Å². The van der Waals surface area contributed by atoms with Crippen molar-refractivity contribution in [3.8, 4) is 5.75 Å². The normalized spacial score (nSPS) is 9.31. The topological polar surface area (TPSA) is 26.3 Å². The summed E-state index contributed by atoms with van der Waals surface area (Å²) in [5.74, 6) is 0.758. The maximum atomic E-state index is 10.3. The highest BCUT2D eigenvalue weighted by molar-refractivity contribution is 5.74. The first-order valence-corrected chi connectivity index (χ1v) is 4.05. The van der Waals surface area contributed by atoms with Gasteiger partial charge in [-0.05, 0) is 36.8 Å². The highest BCUT2D eigenvalue weighted by Crippen LogP contribution is 2.11. The Hall–Kier alpha value is -1.57. The van der Waals surface area contributed by atoms with Crippen LogP contribution in [0.2, 0.25) is 0 Å². The molecular weight excluding hydrogens is 164 g/mol. The van der Waals surface area contributed by atoms with Crippen LogP contribution in [0.5, 0.6) is 5.75 Å². The van der Waals surface area contributed by atoms with Gasteiger partial charge in [-0.1, -0.05) is 6.58 Å². The summed E-state index contributed by atoms with van der Waals surface area (Å²) in [6.07, 6.45) is 0.808. The summed E-state index contributed by atoms with van der Waals surface area (Å²) in [6, 6.07) is 6.99. The molecule has 0 saturated carbocycles. The summed E-state index contributed by atoms with van der Waals surface area (Å²) < 4.78 is 5.35. The molecule has 0 spiro atoms. The average molecular weight is 176 g/mol. The zero-order chi connectivity index (χ0) is 9.68. The molecule has 2 heteroatoms. The zero-order valence-electron chi connectivity index (χ0n) is 7.62. The van der Waals surface area contributed by atoms with Gasteiger partial charge in [-0.15, -0.1) is 0 Å². The number of aldehydes is 1. The van der Waals surface area contributed by atoms with E-state index in [9.17, 15) is 4.79 Å². The molecule has 0 heterocycles. The van der Waals surface area contributed by atoms with Crippen molar-refractivity contribution < 1.29 is 9.53 Å². The van der Waals surface area contributed by atoms with Crippen molar-refractivity contribution in [3.63, 3.8) is 0 Å². The third-order valence-electron chi connectivity index (χ3n) is 1.50. The Kier molecular flexibility index (Phi) is 3.26. The van der Waals surface area contributed by atoms with E-state index < -0.39 is 0 Å². The first-order valence-electron chi connectivity index (χ1n) is 4.05. The highest BCUT2D eigenvalue weighted by Gasteiger charge is 1.93. The van der Waals surface area contributed by atoms with E-state index >= 15 is 0 Å². The van der Waals surface area contributed by atoms with E-state index in [0.29, 0.717) is 12.2 Å². The molecule has 0 aliphatic heterocycles. The maximum absolute atomic E-state index is 10.3. The van der Waals surface area contributed by atoms with Crippen molar-refractivity contribution >= 4 is 6.29 Å². The minimum Gasteiger partial charge on any atom is -0.489 e. The van der Waals surface area contributed by atoms with E-state index in [1.54, 1.807) is 24.3 Å². The Balaban J connectivity index is 2.59. The molecule has 0 N–H and O–H groups in total. The van der Waals surface area contributed by atoms with Crippen LogP contribution in [0.25, 0.3) is 0 Å². The number of ether oxygens (including phenoxy) is 1. The first kappa shape index (κ1) is 9.52. The lowest BCUT2D eigenvalue weighted by molar-refractivity contribution is 0.112. The van der Waals surface area contributed by atoms with Gasteiger partial charge in [0.05, 0.1) is 0 Å². The van der Waals surface area contributed by atoms with Crippen molar-refractivity contribution in [1.82, 2.24) is 0 Å². The lowest BCUT2D eigenvalue weighted by Gasteiger charge is -2.04. The zero-order valence-corrected chi connectivity index (χ0v) is 7.62. The maximum Gasteiger partial charge on any atom is 0.150 e. The summed E-state index contributed by atoms with van der Waals surface area (Å²) in [5.41, 5.74) is 1.63. The lowest BCUT2D eigenvalue weighted by Crippen LogP contribution is -1.97. The van der Waals surface area contributed by atoms with Gasteiger partial charge in [0.15, 0.2) is 0 Å². The van der Waals surface area contributed by atoms with E-state index in [0.717, 1.165) is 17.6 Å². The summed E-state index contributed by atoms with van der Waals surface area (Å²) in [7, 11) is 0. The molecule has 1 aromatic carbocycles. The standard InChI is InChI=1S/C11H12O2/c1-9(2)8-13-11-5-3-10(7-12)4-6-11/h3-7H,1,8H2,2H3. The van der Waals surface area contributed by atoms with Crippen molar-refractivity contribution in [2.75, 3.05) is 6.61 Å². The van der Waals surface area contributed by atoms with Gasteiger partial charge in [-0.2, -0.15) is 0 Å². The fourth-order valence-electron chi connectivity index (χ4n) is 0.849. The molecule has 0 aromatic heterocycles. The average Bonchev–Trinajstić information content (AvgIpc) is 2.15. The predicted molar refractivity (Wildman–Crippen MR) is 52.1 cm³/mol. The number of hydrogen-bond acceptors (Lipinski definition) is 2. The van der Waals surface area contributed by atoms with E-state index in [4.69, 9.17) is 4.74 Å². The smallest absolute Gasteiger partial charge is 0.150 e. The molecule has 0 aliphatic rings. The fourth-order valence-corrected chi connectivity index (χ4v) is 0.849. The van der Waals surface area contributed by atoms with Crippen molar-refractivity contribution in [2.45, 2.75) is 6.92 Å². The molecule has 1 rings (SSSR count). The van der Waals surface area contributed by atoms with Crippen LogP contribution in [0.3, 0.4) is 0 Å². The quantitative estimate of drug-likeness (QED) is 0.520. The van der Waals surface area contributed by atoms with Crippen LogP contribution in [0.1, 0.15) is 17.3 Å². The van der Waals surface area contributed by atoms with E-state index in [2.05, 4.69) is 6.58 Å². The number of rotatable bonds is 4. The molecule has 2 nitrogen and oxygen atoms in total. The molecule has 13 heavy (non-hydrogen) atoms. The molecule has 0 bridgehead atoms. The third kappa shape index (κ3) is 3.11. The molecule has 0 aliphatic carbocycles. The Morgan fingerprint density at radius 2 is 2.08 bits per heavy atom. The summed E-state index contributed by atoms with van der Waals surface area (Å²) in [5, 5.41) is 0. The van der Waals surface area contributed by atoms with Crippen LogP contribution in [-0.2, 0) is 0 Å². The highest BCUT2D eigenvalue weighted by atomic mass is 16.5. The molecular formula is C11H12O2. The van der Waals surface area contributed by atoms with Gasteiger partial charge >= 0.3 is 0 Å². The molecule has 0 fully saturated rings. The van der Waals surface area contributed by atoms with E-state index in [-0.39, 0.29) is 0 Å². The van der Waals surface area contributed by atoms with Crippen LogP contribution in [0, 0.1) is 0 Å². The predicted octanol–water partition coefficient (Wildman–Crippen LogP) is 2.45. The van der Waals surface area contributed by atoms with E-state index in [1.165, 1.54) is 0 Å². The number of hydrogen-bond donors (Lipinski definition) is 0.